The Morgan fingerprint density at radius 1 is 1.44 bits per heavy atom. The second-order valence-electron chi connectivity index (χ2n) is 3.46. The lowest BCUT2D eigenvalue weighted by atomic mass is 10.2. The normalized spacial score (nSPS) is 11.7. The average Bonchev–Trinajstić information content (AvgIpc) is 2.22. The maximum atomic E-state index is 11.8. The van der Waals surface area contributed by atoms with Gasteiger partial charge in [0.2, 0.25) is 10.0 Å². The first kappa shape index (κ1) is 13.1. The summed E-state index contributed by atoms with van der Waals surface area (Å²) in [6.45, 7) is 4.27. The van der Waals surface area contributed by atoms with Gasteiger partial charge in [0, 0.05) is 25.5 Å². The number of rotatable bonds is 5. The number of nitrogens with one attached hydrogen (secondary N) is 1. The van der Waals surface area contributed by atoms with Gasteiger partial charge in [-0.05, 0) is 25.5 Å². The molecule has 0 saturated heterocycles. The minimum atomic E-state index is -3.46. The first-order valence-electron chi connectivity index (χ1n) is 4.89. The van der Waals surface area contributed by atoms with Gasteiger partial charge >= 0.3 is 0 Å². The second-order valence-corrected chi connectivity index (χ2v) is 5.23. The zero-order valence-corrected chi connectivity index (χ0v) is 10.5. The molecule has 0 amide bonds. The van der Waals surface area contributed by atoms with Crippen molar-refractivity contribution in [3.8, 4) is 0 Å². The molecule has 90 valence electrons. The zero-order valence-electron chi connectivity index (χ0n) is 9.65. The fraction of sp³-hybridized carbons (Fsp3) is 0.500. The molecule has 0 aliphatic heterocycles. The highest BCUT2D eigenvalue weighted by Gasteiger charge is 2.14. The molecule has 1 aromatic rings. The summed E-state index contributed by atoms with van der Waals surface area (Å²) >= 11 is 0. The summed E-state index contributed by atoms with van der Waals surface area (Å²) in [5.41, 5.74) is 1.69. The molecule has 1 rings (SSSR count). The van der Waals surface area contributed by atoms with Crippen LogP contribution >= 0.6 is 0 Å². The summed E-state index contributed by atoms with van der Waals surface area (Å²) < 4.78 is 30.7. The van der Waals surface area contributed by atoms with Crippen molar-refractivity contribution in [1.82, 2.24) is 9.71 Å². The third kappa shape index (κ3) is 3.26. The van der Waals surface area contributed by atoms with E-state index in [0.29, 0.717) is 6.61 Å². The maximum absolute atomic E-state index is 11.8. The molecule has 0 spiro atoms. The van der Waals surface area contributed by atoms with Gasteiger partial charge in [0.15, 0.2) is 0 Å². The number of nitrogens with zero attached hydrogens (tertiary/aromatic N) is 1. The summed E-state index contributed by atoms with van der Waals surface area (Å²) in [6.07, 6.45) is 1.36. The molecular weight excluding hydrogens is 228 g/mol. The number of aromatic nitrogens is 1. The largest absolute Gasteiger partial charge is 0.383 e. The van der Waals surface area contributed by atoms with E-state index in [4.69, 9.17) is 4.74 Å². The highest BCUT2D eigenvalue weighted by molar-refractivity contribution is 7.89. The Kier molecular flexibility index (Phi) is 4.40. The fourth-order valence-corrected chi connectivity index (χ4v) is 2.17. The molecule has 0 bridgehead atoms. The van der Waals surface area contributed by atoms with Gasteiger partial charge in [0.1, 0.15) is 4.90 Å². The van der Waals surface area contributed by atoms with E-state index >= 15 is 0 Å². The molecule has 0 aromatic carbocycles. The number of aryl methyl sites for hydroxylation is 2. The van der Waals surface area contributed by atoms with E-state index in [1.165, 1.54) is 13.3 Å². The van der Waals surface area contributed by atoms with Crippen molar-refractivity contribution in [3.63, 3.8) is 0 Å². The van der Waals surface area contributed by atoms with Crippen molar-refractivity contribution in [1.29, 1.82) is 0 Å². The molecule has 0 aliphatic carbocycles. The van der Waals surface area contributed by atoms with E-state index in [9.17, 15) is 8.42 Å². The Labute approximate surface area is 95.9 Å². The summed E-state index contributed by atoms with van der Waals surface area (Å²) in [7, 11) is -1.94. The van der Waals surface area contributed by atoms with Crippen LogP contribution in [-0.2, 0) is 14.8 Å². The molecule has 0 atom stereocenters. The summed E-state index contributed by atoms with van der Waals surface area (Å²) in [6, 6.07) is 1.61. The third-order valence-electron chi connectivity index (χ3n) is 2.22. The predicted octanol–water partition coefficient (Wildman–Crippen LogP) is 0.623. The SMILES string of the molecule is COCCNS(=O)(=O)c1cnc(C)c(C)c1. The van der Waals surface area contributed by atoms with E-state index < -0.39 is 10.0 Å². The number of pyridine rings is 1. The van der Waals surface area contributed by atoms with E-state index in [-0.39, 0.29) is 11.4 Å². The lowest BCUT2D eigenvalue weighted by molar-refractivity contribution is 0.204. The van der Waals surface area contributed by atoms with Crippen molar-refractivity contribution in [3.05, 3.63) is 23.5 Å². The smallest absolute Gasteiger partial charge is 0.242 e. The molecular formula is C10H16N2O3S. The van der Waals surface area contributed by atoms with Crippen LogP contribution in [0.4, 0.5) is 0 Å². The van der Waals surface area contributed by atoms with Crippen LogP contribution in [0.2, 0.25) is 0 Å². The molecule has 0 unspecified atom stereocenters. The molecule has 0 fully saturated rings. The summed E-state index contributed by atoms with van der Waals surface area (Å²) in [5.74, 6) is 0. The van der Waals surface area contributed by atoms with Gasteiger partial charge in [-0.3, -0.25) is 4.98 Å². The van der Waals surface area contributed by atoms with Crippen molar-refractivity contribution in [2.24, 2.45) is 0 Å². The highest BCUT2D eigenvalue weighted by Crippen LogP contribution is 2.11. The van der Waals surface area contributed by atoms with E-state index in [2.05, 4.69) is 9.71 Å². The van der Waals surface area contributed by atoms with Gasteiger partial charge in [-0.15, -0.1) is 0 Å². The Morgan fingerprint density at radius 3 is 2.69 bits per heavy atom. The monoisotopic (exact) mass is 244 g/mol. The molecule has 16 heavy (non-hydrogen) atoms. The van der Waals surface area contributed by atoms with Crippen molar-refractivity contribution in [2.45, 2.75) is 18.7 Å². The number of ether oxygens (including phenoxy) is 1. The van der Waals surface area contributed by atoms with Crippen LogP contribution in [0.5, 0.6) is 0 Å². The number of methoxy groups -OCH3 is 1. The van der Waals surface area contributed by atoms with Gasteiger partial charge < -0.3 is 4.74 Å². The van der Waals surface area contributed by atoms with E-state index in [0.717, 1.165) is 11.3 Å². The molecule has 1 heterocycles. The minimum Gasteiger partial charge on any atom is -0.383 e. The summed E-state index contributed by atoms with van der Waals surface area (Å²) in [5, 5.41) is 0. The summed E-state index contributed by atoms with van der Waals surface area (Å²) in [4.78, 5) is 4.21. The first-order chi connectivity index (χ1) is 7.47. The number of hydrogen-bond donors (Lipinski definition) is 1. The van der Waals surface area contributed by atoms with Crippen LogP contribution in [0.1, 0.15) is 11.3 Å². The third-order valence-corrected chi connectivity index (χ3v) is 3.65. The Hall–Kier alpha value is -0.980. The molecule has 0 radical (unpaired) electrons. The minimum absolute atomic E-state index is 0.187. The van der Waals surface area contributed by atoms with Gasteiger partial charge in [-0.25, -0.2) is 13.1 Å². The van der Waals surface area contributed by atoms with Crippen LogP contribution in [0.25, 0.3) is 0 Å². The quantitative estimate of drug-likeness (QED) is 0.771. The Balaban J connectivity index is 2.86. The molecule has 5 nitrogen and oxygen atoms in total. The van der Waals surface area contributed by atoms with Gasteiger partial charge in [0.05, 0.1) is 6.61 Å². The van der Waals surface area contributed by atoms with Crippen molar-refractivity contribution >= 4 is 10.0 Å². The number of sulfonamides is 1. The molecule has 1 aromatic heterocycles. The zero-order chi connectivity index (χ0) is 12.2. The van der Waals surface area contributed by atoms with Crippen LogP contribution < -0.4 is 4.72 Å². The predicted molar refractivity (Wildman–Crippen MR) is 60.8 cm³/mol. The molecule has 0 saturated carbocycles. The average molecular weight is 244 g/mol. The van der Waals surface area contributed by atoms with E-state index in [1.807, 2.05) is 13.8 Å². The highest BCUT2D eigenvalue weighted by atomic mass is 32.2. The Morgan fingerprint density at radius 2 is 2.12 bits per heavy atom. The first-order valence-corrected chi connectivity index (χ1v) is 6.37. The lowest BCUT2D eigenvalue weighted by Gasteiger charge is -2.07. The second kappa shape index (κ2) is 5.38. The van der Waals surface area contributed by atoms with Crippen LogP contribution in [0.15, 0.2) is 17.2 Å². The van der Waals surface area contributed by atoms with Gasteiger partial charge in [-0.2, -0.15) is 0 Å². The maximum Gasteiger partial charge on any atom is 0.242 e. The Bertz CT molecular complexity index is 457. The molecule has 6 heteroatoms. The number of hydrogen-bond acceptors (Lipinski definition) is 4. The van der Waals surface area contributed by atoms with Crippen molar-refractivity contribution < 1.29 is 13.2 Å². The van der Waals surface area contributed by atoms with Crippen LogP contribution in [-0.4, -0.2) is 33.7 Å². The van der Waals surface area contributed by atoms with Gasteiger partial charge in [0.25, 0.3) is 0 Å². The fourth-order valence-electron chi connectivity index (χ4n) is 1.13. The van der Waals surface area contributed by atoms with Crippen LogP contribution in [0, 0.1) is 13.8 Å². The lowest BCUT2D eigenvalue weighted by Crippen LogP contribution is -2.27. The van der Waals surface area contributed by atoms with Gasteiger partial charge in [-0.1, -0.05) is 0 Å². The van der Waals surface area contributed by atoms with E-state index in [1.54, 1.807) is 6.07 Å². The van der Waals surface area contributed by atoms with Crippen molar-refractivity contribution in [2.75, 3.05) is 20.3 Å². The molecule has 0 aliphatic rings. The van der Waals surface area contributed by atoms with Crippen LogP contribution in [0.3, 0.4) is 0 Å². The standard InChI is InChI=1S/C10H16N2O3S/c1-8-6-10(7-11-9(8)2)16(13,14)12-4-5-15-3/h6-7,12H,4-5H2,1-3H3. The topological polar surface area (TPSA) is 68.3 Å². The molecule has 1 N–H and O–H groups in total.